The lowest BCUT2D eigenvalue weighted by molar-refractivity contribution is -0.141. The minimum Gasteiger partial charge on any atom is -0.378 e. The van der Waals surface area contributed by atoms with Crippen LogP contribution in [0.5, 0.6) is 0 Å². The predicted molar refractivity (Wildman–Crippen MR) is 152 cm³/mol. The molecule has 200 valence electrons. The normalized spacial score (nSPS) is 16.1. The van der Waals surface area contributed by atoms with E-state index in [0.29, 0.717) is 62.3 Å². The molecule has 3 aromatic carbocycles. The monoisotopic (exact) mass is 570 g/mol. The highest BCUT2D eigenvalue weighted by molar-refractivity contribution is 6.31. The SMILES string of the molecule is N#Cc1cc(Cl)cc(-c2cccc(C(O)C(=O)N3CCc4nc(C5(c6cccc(Cl)c6)CC5)[nH]c(=O)c4C3)c2)c1. The summed E-state index contributed by atoms with van der Waals surface area (Å²) in [7, 11) is 0. The molecule has 2 heterocycles. The van der Waals surface area contributed by atoms with E-state index in [1.807, 2.05) is 30.3 Å². The van der Waals surface area contributed by atoms with Crippen molar-refractivity contribution in [1.82, 2.24) is 14.9 Å². The van der Waals surface area contributed by atoms with Crippen LogP contribution in [-0.4, -0.2) is 32.4 Å². The van der Waals surface area contributed by atoms with E-state index in [-0.39, 0.29) is 17.5 Å². The van der Waals surface area contributed by atoms with E-state index in [9.17, 15) is 20.0 Å². The number of fused-ring (bicyclic) bond motifs is 1. The summed E-state index contributed by atoms with van der Waals surface area (Å²) in [6.07, 6.45) is 0.742. The van der Waals surface area contributed by atoms with Gasteiger partial charge in [0, 0.05) is 23.0 Å². The highest BCUT2D eigenvalue weighted by Gasteiger charge is 2.49. The van der Waals surface area contributed by atoms with Crippen molar-refractivity contribution in [1.29, 1.82) is 5.26 Å². The maximum absolute atomic E-state index is 13.3. The predicted octanol–water partition coefficient (Wildman–Crippen LogP) is 5.31. The van der Waals surface area contributed by atoms with Gasteiger partial charge in [-0.2, -0.15) is 5.26 Å². The fraction of sp³-hybridized carbons (Fsp3) is 0.226. The number of carbonyl (C=O) groups excluding carboxylic acids is 1. The van der Waals surface area contributed by atoms with E-state index in [0.717, 1.165) is 18.4 Å². The number of nitrogens with zero attached hydrogens (tertiary/aromatic N) is 3. The Morgan fingerprint density at radius 3 is 2.60 bits per heavy atom. The average Bonchev–Trinajstić information content (AvgIpc) is 3.78. The first-order valence-corrected chi connectivity index (χ1v) is 13.7. The van der Waals surface area contributed by atoms with Gasteiger partial charge in [0.15, 0.2) is 6.10 Å². The van der Waals surface area contributed by atoms with E-state index in [1.54, 1.807) is 36.4 Å². The van der Waals surface area contributed by atoms with Crippen molar-refractivity contribution in [3.8, 4) is 17.2 Å². The zero-order valence-electron chi connectivity index (χ0n) is 21.3. The summed E-state index contributed by atoms with van der Waals surface area (Å²) in [6.45, 7) is 0.403. The number of aliphatic hydroxyl groups excluding tert-OH is 1. The van der Waals surface area contributed by atoms with Crippen LogP contribution in [0.3, 0.4) is 0 Å². The summed E-state index contributed by atoms with van der Waals surface area (Å²) in [6, 6.07) is 21.7. The lowest BCUT2D eigenvalue weighted by atomic mass is 9.94. The van der Waals surface area contributed by atoms with Crippen LogP contribution >= 0.6 is 23.2 Å². The largest absolute Gasteiger partial charge is 0.378 e. The second-order valence-corrected chi connectivity index (χ2v) is 11.2. The van der Waals surface area contributed by atoms with Gasteiger partial charge in [-0.25, -0.2) is 4.98 Å². The Bertz CT molecular complexity index is 1760. The number of halogens is 2. The molecule has 9 heteroatoms. The topological polar surface area (TPSA) is 110 Å². The molecule has 4 aromatic rings. The van der Waals surface area contributed by atoms with Crippen LogP contribution in [0, 0.1) is 11.3 Å². The maximum atomic E-state index is 13.3. The molecular formula is C31H24Cl2N4O3. The lowest BCUT2D eigenvalue weighted by Gasteiger charge is -2.30. The third kappa shape index (κ3) is 4.79. The minimum absolute atomic E-state index is 0.0670. The van der Waals surface area contributed by atoms with Crippen LogP contribution < -0.4 is 5.56 Å². The summed E-state index contributed by atoms with van der Waals surface area (Å²) in [5, 5.41) is 21.3. The van der Waals surface area contributed by atoms with Crippen molar-refractivity contribution in [3.63, 3.8) is 0 Å². The molecule has 1 aromatic heterocycles. The summed E-state index contributed by atoms with van der Waals surface area (Å²) >= 11 is 12.4. The first kappa shape index (κ1) is 26.3. The molecule has 1 unspecified atom stereocenters. The Hall–Kier alpha value is -3.96. The Balaban J connectivity index is 1.23. The van der Waals surface area contributed by atoms with Crippen LogP contribution in [0.25, 0.3) is 11.1 Å². The zero-order chi connectivity index (χ0) is 28.0. The zero-order valence-corrected chi connectivity index (χ0v) is 22.8. The Morgan fingerprint density at radius 2 is 1.85 bits per heavy atom. The van der Waals surface area contributed by atoms with Gasteiger partial charge in [0.25, 0.3) is 11.5 Å². The lowest BCUT2D eigenvalue weighted by Crippen LogP contribution is -2.42. The Labute approximate surface area is 240 Å². The van der Waals surface area contributed by atoms with E-state index in [4.69, 9.17) is 28.2 Å². The summed E-state index contributed by atoms with van der Waals surface area (Å²) in [5.41, 5.74) is 3.79. The Kier molecular flexibility index (Phi) is 6.71. The number of nitriles is 1. The van der Waals surface area contributed by atoms with Crippen molar-refractivity contribution >= 4 is 29.1 Å². The van der Waals surface area contributed by atoms with E-state index in [1.165, 1.54) is 4.90 Å². The molecule has 6 rings (SSSR count). The number of benzene rings is 3. The smallest absolute Gasteiger partial charge is 0.256 e. The number of aliphatic hydroxyl groups is 1. The second kappa shape index (κ2) is 10.2. The minimum atomic E-state index is -1.42. The van der Waals surface area contributed by atoms with Crippen LogP contribution in [0.2, 0.25) is 10.0 Å². The van der Waals surface area contributed by atoms with Crippen LogP contribution in [0.1, 0.15) is 52.7 Å². The van der Waals surface area contributed by atoms with Gasteiger partial charge in [0.1, 0.15) is 5.82 Å². The van der Waals surface area contributed by atoms with Gasteiger partial charge in [-0.3, -0.25) is 9.59 Å². The second-order valence-electron chi connectivity index (χ2n) is 10.3. The quantitative estimate of drug-likeness (QED) is 0.337. The van der Waals surface area contributed by atoms with Gasteiger partial charge in [0.2, 0.25) is 0 Å². The molecule has 0 saturated heterocycles. The fourth-order valence-electron chi connectivity index (χ4n) is 5.44. The number of nitrogens with one attached hydrogen (secondary N) is 1. The maximum Gasteiger partial charge on any atom is 0.256 e. The number of aromatic nitrogens is 2. The van der Waals surface area contributed by atoms with Crippen molar-refractivity contribution < 1.29 is 9.90 Å². The van der Waals surface area contributed by atoms with Crippen molar-refractivity contribution in [3.05, 3.63) is 121 Å². The van der Waals surface area contributed by atoms with Gasteiger partial charge in [0.05, 0.1) is 34.8 Å². The Morgan fingerprint density at radius 1 is 1.05 bits per heavy atom. The molecule has 2 N–H and O–H groups in total. The van der Waals surface area contributed by atoms with Crippen molar-refractivity contribution in [2.75, 3.05) is 6.54 Å². The molecule has 1 fully saturated rings. The number of carbonyl (C=O) groups is 1. The third-order valence-electron chi connectivity index (χ3n) is 7.76. The standard InChI is InChI=1S/C31H24Cl2N4O3/c32-23-6-2-5-22(15-23)31(8-9-31)30-35-26-7-10-37(17-25(26)28(39)36-30)29(40)27(38)20-4-1-3-19(13-20)21-11-18(16-34)12-24(33)14-21/h1-6,11-15,27,38H,7-10,17H2,(H,35,36,39). The average molecular weight is 571 g/mol. The fourth-order valence-corrected chi connectivity index (χ4v) is 5.86. The van der Waals surface area contributed by atoms with Crippen molar-refractivity contribution in [2.45, 2.75) is 37.3 Å². The number of amides is 1. The number of hydrogen-bond acceptors (Lipinski definition) is 5. The van der Waals surface area contributed by atoms with Crippen LogP contribution in [-0.2, 0) is 23.2 Å². The number of rotatable bonds is 5. The molecule has 7 nitrogen and oxygen atoms in total. The van der Waals surface area contributed by atoms with Gasteiger partial charge < -0.3 is 15.0 Å². The molecule has 1 aliphatic carbocycles. The van der Waals surface area contributed by atoms with Gasteiger partial charge in [-0.1, -0.05) is 53.5 Å². The number of H-pyrrole nitrogens is 1. The molecule has 1 saturated carbocycles. The highest BCUT2D eigenvalue weighted by atomic mass is 35.5. The molecule has 0 radical (unpaired) electrons. The van der Waals surface area contributed by atoms with E-state index >= 15 is 0 Å². The van der Waals surface area contributed by atoms with Gasteiger partial charge in [-0.15, -0.1) is 0 Å². The van der Waals surface area contributed by atoms with E-state index < -0.39 is 12.0 Å². The molecular weight excluding hydrogens is 547 g/mol. The van der Waals surface area contributed by atoms with E-state index in [2.05, 4.69) is 11.1 Å². The molecule has 2 aliphatic rings. The summed E-state index contributed by atoms with van der Waals surface area (Å²) in [5.74, 6) is 0.142. The van der Waals surface area contributed by atoms with Crippen LogP contribution in [0.4, 0.5) is 0 Å². The molecule has 0 bridgehead atoms. The summed E-state index contributed by atoms with van der Waals surface area (Å²) in [4.78, 5) is 35.8. The molecule has 0 spiro atoms. The third-order valence-corrected chi connectivity index (χ3v) is 8.21. The molecule has 1 atom stereocenters. The first-order chi connectivity index (χ1) is 19.3. The highest BCUT2D eigenvalue weighted by Crippen LogP contribution is 2.52. The molecule has 40 heavy (non-hydrogen) atoms. The number of aromatic amines is 1. The van der Waals surface area contributed by atoms with Gasteiger partial charge >= 0.3 is 0 Å². The van der Waals surface area contributed by atoms with Crippen molar-refractivity contribution in [2.24, 2.45) is 0 Å². The summed E-state index contributed by atoms with van der Waals surface area (Å²) < 4.78 is 0. The number of hydrogen-bond donors (Lipinski definition) is 2. The van der Waals surface area contributed by atoms with Crippen LogP contribution in [0.15, 0.2) is 71.5 Å². The first-order valence-electron chi connectivity index (χ1n) is 12.9. The van der Waals surface area contributed by atoms with Gasteiger partial charge in [-0.05, 0) is 71.5 Å². The molecule has 1 aliphatic heterocycles. The molecule has 1 amide bonds.